The molecule has 0 saturated carbocycles. The van der Waals surface area contributed by atoms with Gasteiger partial charge in [-0.25, -0.2) is 8.78 Å². The molecule has 27 heavy (non-hydrogen) atoms. The molecule has 1 saturated heterocycles. The lowest BCUT2D eigenvalue weighted by atomic mass is 10.1. The number of rotatable bonds is 11. The summed E-state index contributed by atoms with van der Waals surface area (Å²) in [5.74, 6) is -0.291. The van der Waals surface area contributed by atoms with Gasteiger partial charge in [-0.3, -0.25) is 4.99 Å². The molecule has 0 amide bonds. The van der Waals surface area contributed by atoms with Gasteiger partial charge in [-0.05, 0) is 31.9 Å². The van der Waals surface area contributed by atoms with Crippen LogP contribution in [0.4, 0.5) is 8.78 Å². The maximum Gasteiger partial charge on any atom is 0.191 e. The number of hydrogen-bond donors (Lipinski definition) is 2. The molecule has 0 bridgehead atoms. The van der Waals surface area contributed by atoms with Crippen LogP contribution >= 0.6 is 0 Å². The predicted molar refractivity (Wildman–Crippen MR) is 100 cm³/mol. The Balaban J connectivity index is 1.58. The number of guanidine groups is 1. The smallest absolute Gasteiger partial charge is 0.191 e. The Morgan fingerprint density at radius 3 is 2.89 bits per heavy atom. The molecule has 1 fully saturated rings. The van der Waals surface area contributed by atoms with Crippen LogP contribution < -0.4 is 15.4 Å². The summed E-state index contributed by atoms with van der Waals surface area (Å²) < 4.78 is 42.4. The van der Waals surface area contributed by atoms with Gasteiger partial charge < -0.3 is 24.8 Å². The summed E-state index contributed by atoms with van der Waals surface area (Å²) in [6.07, 6.45) is 1.93. The SMILES string of the molecule is CCNC(=NCCCOCC1CCOC1)NCCOc1ccc(F)c(F)c1. The highest BCUT2D eigenvalue weighted by Crippen LogP contribution is 2.15. The number of aliphatic imine (C=N–C) groups is 1. The van der Waals surface area contributed by atoms with Crippen molar-refractivity contribution in [1.29, 1.82) is 0 Å². The number of nitrogens with one attached hydrogen (secondary N) is 2. The molecule has 1 unspecified atom stereocenters. The summed E-state index contributed by atoms with van der Waals surface area (Å²) in [5, 5.41) is 6.29. The van der Waals surface area contributed by atoms with E-state index in [1.807, 2.05) is 6.92 Å². The van der Waals surface area contributed by atoms with Crippen molar-refractivity contribution in [3.8, 4) is 5.75 Å². The van der Waals surface area contributed by atoms with Gasteiger partial charge in [-0.2, -0.15) is 0 Å². The van der Waals surface area contributed by atoms with Gasteiger partial charge in [0.2, 0.25) is 0 Å². The van der Waals surface area contributed by atoms with E-state index in [1.165, 1.54) is 6.07 Å². The van der Waals surface area contributed by atoms with E-state index in [2.05, 4.69) is 15.6 Å². The molecule has 6 nitrogen and oxygen atoms in total. The van der Waals surface area contributed by atoms with Crippen molar-refractivity contribution in [2.75, 3.05) is 52.7 Å². The fourth-order valence-electron chi connectivity index (χ4n) is 2.57. The topological polar surface area (TPSA) is 64.1 Å². The number of nitrogens with zero attached hydrogens (tertiary/aromatic N) is 1. The van der Waals surface area contributed by atoms with E-state index < -0.39 is 11.6 Å². The van der Waals surface area contributed by atoms with Gasteiger partial charge in [0.25, 0.3) is 0 Å². The van der Waals surface area contributed by atoms with Crippen LogP contribution in [0.2, 0.25) is 0 Å². The average Bonchev–Trinajstić information content (AvgIpc) is 3.17. The van der Waals surface area contributed by atoms with Gasteiger partial charge in [-0.15, -0.1) is 0 Å². The second kappa shape index (κ2) is 12.5. The number of ether oxygens (including phenoxy) is 3. The molecule has 0 aliphatic carbocycles. The molecule has 1 aromatic rings. The van der Waals surface area contributed by atoms with Crippen molar-refractivity contribution in [1.82, 2.24) is 10.6 Å². The maximum absolute atomic E-state index is 13.1. The zero-order valence-corrected chi connectivity index (χ0v) is 15.8. The van der Waals surface area contributed by atoms with Crippen LogP contribution in [-0.2, 0) is 9.47 Å². The van der Waals surface area contributed by atoms with Crippen molar-refractivity contribution in [2.24, 2.45) is 10.9 Å². The molecule has 2 rings (SSSR count). The second-order valence-electron chi connectivity index (χ2n) is 6.27. The molecule has 1 heterocycles. The van der Waals surface area contributed by atoms with E-state index >= 15 is 0 Å². The minimum Gasteiger partial charge on any atom is -0.492 e. The van der Waals surface area contributed by atoms with Gasteiger partial charge in [0.05, 0.1) is 19.8 Å². The molecule has 2 N–H and O–H groups in total. The first-order valence-electron chi connectivity index (χ1n) is 9.44. The van der Waals surface area contributed by atoms with Crippen LogP contribution in [0.5, 0.6) is 5.75 Å². The third-order valence-corrected chi connectivity index (χ3v) is 3.99. The molecule has 152 valence electrons. The third-order valence-electron chi connectivity index (χ3n) is 3.99. The Labute approximate surface area is 159 Å². The van der Waals surface area contributed by atoms with Crippen molar-refractivity contribution >= 4 is 5.96 Å². The third kappa shape index (κ3) is 8.53. The van der Waals surface area contributed by atoms with Gasteiger partial charge in [0, 0.05) is 38.3 Å². The molecule has 1 aliphatic rings. The molecular weight excluding hydrogens is 356 g/mol. The Bertz CT molecular complexity index is 581. The lowest BCUT2D eigenvalue weighted by Gasteiger charge is -2.12. The predicted octanol–water partition coefficient (Wildman–Crippen LogP) is 2.34. The number of halogens is 2. The van der Waals surface area contributed by atoms with Crippen LogP contribution in [-0.4, -0.2) is 58.6 Å². The molecule has 8 heteroatoms. The van der Waals surface area contributed by atoms with Crippen molar-refractivity contribution in [2.45, 2.75) is 19.8 Å². The standard InChI is InChI=1S/C19H29F2N3O3/c1-2-22-19(23-7-3-9-25-13-15-6-10-26-14-15)24-8-11-27-16-4-5-17(20)18(21)12-16/h4-5,12,15H,2-3,6-11,13-14H2,1H3,(H2,22,23,24). The Kier molecular flexibility index (Phi) is 9.86. The normalized spacial score (nSPS) is 17.1. The van der Waals surface area contributed by atoms with Crippen LogP contribution in [0.25, 0.3) is 0 Å². The highest BCUT2D eigenvalue weighted by atomic mass is 19.2. The van der Waals surface area contributed by atoms with E-state index in [9.17, 15) is 8.78 Å². The molecule has 0 aromatic heterocycles. The van der Waals surface area contributed by atoms with Crippen molar-refractivity contribution in [3.63, 3.8) is 0 Å². The lowest BCUT2D eigenvalue weighted by Crippen LogP contribution is -2.39. The molecule has 1 aromatic carbocycles. The highest BCUT2D eigenvalue weighted by molar-refractivity contribution is 5.79. The second-order valence-corrected chi connectivity index (χ2v) is 6.27. The fourth-order valence-corrected chi connectivity index (χ4v) is 2.57. The van der Waals surface area contributed by atoms with E-state index in [1.54, 1.807) is 0 Å². The highest BCUT2D eigenvalue weighted by Gasteiger charge is 2.15. The summed E-state index contributed by atoms with van der Waals surface area (Å²) >= 11 is 0. The van der Waals surface area contributed by atoms with Crippen LogP contribution in [0, 0.1) is 17.6 Å². The van der Waals surface area contributed by atoms with Gasteiger partial charge in [0.15, 0.2) is 17.6 Å². The maximum atomic E-state index is 13.1. The van der Waals surface area contributed by atoms with E-state index in [-0.39, 0.29) is 0 Å². The zero-order valence-electron chi connectivity index (χ0n) is 15.8. The van der Waals surface area contributed by atoms with Crippen LogP contribution in [0.3, 0.4) is 0 Å². The van der Waals surface area contributed by atoms with E-state index in [0.29, 0.717) is 43.9 Å². The van der Waals surface area contributed by atoms with Crippen molar-refractivity contribution in [3.05, 3.63) is 29.8 Å². The summed E-state index contributed by atoms with van der Waals surface area (Å²) in [6, 6.07) is 3.48. The Morgan fingerprint density at radius 2 is 2.15 bits per heavy atom. The zero-order chi connectivity index (χ0) is 19.3. The van der Waals surface area contributed by atoms with Gasteiger partial charge in [0.1, 0.15) is 12.4 Å². The quantitative estimate of drug-likeness (QED) is 0.348. The molecule has 0 radical (unpaired) electrons. The van der Waals surface area contributed by atoms with Crippen LogP contribution in [0.15, 0.2) is 23.2 Å². The Morgan fingerprint density at radius 1 is 1.26 bits per heavy atom. The lowest BCUT2D eigenvalue weighted by molar-refractivity contribution is 0.0893. The molecule has 1 aliphatic heterocycles. The summed E-state index contributed by atoms with van der Waals surface area (Å²) in [4.78, 5) is 4.48. The van der Waals surface area contributed by atoms with E-state index in [0.717, 1.165) is 51.3 Å². The van der Waals surface area contributed by atoms with Gasteiger partial charge >= 0.3 is 0 Å². The Hall–Kier alpha value is -1.93. The molecule has 0 spiro atoms. The summed E-state index contributed by atoms with van der Waals surface area (Å²) in [6.45, 7) is 7.26. The van der Waals surface area contributed by atoms with Crippen molar-refractivity contribution < 1.29 is 23.0 Å². The summed E-state index contributed by atoms with van der Waals surface area (Å²) in [7, 11) is 0. The molecular formula is C19H29F2N3O3. The number of benzene rings is 1. The average molecular weight is 385 g/mol. The summed E-state index contributed by atoms with van der Waals surface area (Å²) in [5.41, 5.74) is 0. The first kappa shape index (κ1) is 21.4. The monoisotopic (exact) mass is 385 g/mol. The first-order valence-corrected chi connectivity index (χ1v) is 9.44. The minimum atomic E-state index is -0.918. The van der Waals surface area contributed by atoms with Crippen LogP contribution in [0.1, 0.15) is 19.8 Å². The minimum absolute atomic E-state index is 0.294. The largest absolute Gasteiger partial charge is 0.492 e. The number of hydrogen-bond acceptors (Lipinski definition) is 4. The van der Waals surface area contributed by atoms with Gasteiger partial charge in [-0.1, -0.05) is 0 Å². The van der Waals surface area contributed by atoms with E-state index in [4.69, 9.17) is 14.2 Å². The fraction of sp³-hybridized carbons (Fsp3) is 0.632. The molecule has 1 atom stereocenters. The first-order chi connectivity index (χ1) is 13.2.